The van der Waals surface area contributed by atoms with Crippen LogP contribution in [-0.2, 0) is 16.8 Å². The lowest BCUT2D eigenvalue weighted by Gasteiger charge is -2.27. The van der Waals surface area contributed by atoms with Crippen LogP contribution < -0.4 is 5.32 Å². The number of ether oxygens (including phenoxy) is 1. The summed E-state index contributed by atoms with van der Waals surface area (Å²) in [6.07, 6.45) is 6.69. The molecule has 1 aliphatic rings. The number of aromatic nitrogens is 2. The maximum Gasteiger partial charge on any atom is 0.0561 e. The lowest BCUT2D eigenvalue weighted by atomic mass is 10.0. The first-order chi connectivity index (χ1) is 8.45. The van der Waals surface area contributed by atoms with Crippen LogP contribution in [0.1, 0.15) is 46.1 Å². The fourth-order valence-corrected chi connectivity index (χ4v) is 2.26. The fourth-order valence-electron chi connectivity index (χ4n) is 2.26. The minimum absolute atomic E-state index is 0.0610. The van der Waals surface area contributed by atoms with Crippen molar-refractivity contribution in [1.29, 1.82) is 0 Å². The summed E-state index contributed by atoms with van der Waals surface area (Å²) in [4.78, 5) is 0. The van der Waals surface area contributed by atoms with Gasteiger partial charge in [0.25, 0.3) is 0 Å². The predicted octanol–water partition coefficient (Wildman–Crippen LogP) is 2.30. The van der Waals surface area contributed by atoms with Crippen LogP contribution in [0.15, 0.2) is 12.4 Å². The maximum absolute atomic E-state index is 5.55. The van der Waals surface area contributed by atoms with Gasteiger partial charge in [0.15, 0.2) is 0 Å². The van der Waals surface area contributed by atoms with E-state index in [2.05, 4.69) is 44.3 Å². The highest BCUT2D eigenvalue weighted by molar-refractivity contribution is 5.05. The van der Waals surface area contributed by atoms with Gasteiger partial charge >= 0.3 is 0 Å². The van der Waals surface area contributed by atoms with Gasteiger partial charge in [0, 0.05) is 31.0 Å². The zero-order chi connectivity index (χ0) is 13.2. The van der Waals surface area contributed by atoms with Crippen LogP contribution in [0.25, 0.3) is 0 Å². The van der Waals surface area contributed by atoms with Crippen LogP contribution in [0.4, 0.5) is 0 Å². The number of rotatable bonds is 3. The van der Waals surface area contributed by atoms with Crippen molar-refractivity contribution in [3.8, 4) is 0 Å². The van der Waals surface area contributed by atoms with Crippen LogP contribution in [0.3, 0.4) is 0 Å². The number of nitrogens with one attached hydrogen (secondary N) is 1. The molecule has 1 aliphatic heterocycles. The van der Waals surface area contributed by atoms with Gasteiger partial charge in [-0.2, -0.15) is 5.10 Å². The summed E-state index contributed by atoms with van der Waals surface area (Å²) >= 11 is 0. The molecule has 2 heterocycles. The predicted molar refractivity (Wildman–Crippen MR) is 72.5 cm³/mol. The van der Waals surface area contributed by atoms with E-state index in [1.807, 2.05) is 10.9 Å². The molecule has 2 rings (SSSR count). The molecule has 2 unspecified atom stereocenters. The molecule has 0 bridgehead atoms. The normalized spacial score (nSPS) is 25.3. The van der Waals surface area contributed by atoms with Crippen molar-refractivity contribution in [2.24, 2.45) is 0 Å². The highest BCUT2D eigenvalue weighted by Crippen LogP contribution is 2.15. The Bertz CT molecular complexity index is 381. The smallest absolute Gasteiger partial charge is 0.0561 e. The van der Waals surface area contributed by atoms with Crippen LogP contribution in [0.5, 0.6) is 0 Å². The Balaban J connectivity index is 1.85. The minimum atomic E-state index is 0.0610. The first-order valence-corrected chi connectivity index (χ1v) is 6.84. The van der Waals surface area contributed by atoms with E-state index in [4.69, 9.17) is 4.74 Å². The molecule has 4 heteroatoms. The molecule has 1 aromatic rings. The Morgan fingerprint density at radius 2 is 2.28 bits per heavy atom. The SMILES string of the molecule is CC1CC(NCc2cnn(C(C)(C)C)c2)CCO1. The third kappa shape index (κ3) is 3.56. The largest absolute Gasteiger partial charge is 0.378 e. The number of nitrogens with zero attached hydrogens (tertiary/aromatic N) is 2. The van der Waals surface area contributed by atoms with Crippen molar-refractivity contribution in [1.82, 2.24) is 15.1 Å². The van der Waals surface area contributed by atoms with Crippen molar-refractivity contribution in [3.05, 3.63) is 18.0 Å². The molecule has 0 amide bonds. The van der Waals surface area contributed by atoms with E-state index < -0.39 is 0 Å². The second kappa shape index (κ2) is 5.41. The zero-order valence-electron chi connectivity index (χ0n) is 11.9. The van der Waals surface area contributed by atoms with Crippen molar-refractivity contribution in [3.63, 3.8) is 0 Å². The molecular formula is C14H25N3O. The summed E-state index contributed by atoms with van der Waals surface area (Å²) in [5.41, 5.74) is 1.31. The molecule has 1 saturated heterocycles. The maximum atomic E-state index is 5.55. The van der Waals surface area contributed by atoms with Crippen LogP contribution in [0.2, 0.25) is 0 Å². The molecule has 18 heavy (non-hydrogen) atoms. The minimum Gasteiger partial charge on any atom is -0.378 e. The second-order valence-corrected chi connectivity index (χ2v) is 6.25. The van der Waals surface area contributed by atoms with Crippen LogP contribution >= 0.6 is 0 Å². The van der Waals surface area contributed by atoms with Crippen molar-refractivity contribution in [2.75, 3.05) is 6.61 Å². The Hall–Kier alpha value is -0.870. The molecule has 0 aromatic carbocycles. The van der Waals surface area contributed by atoms with Gasteiger partial charge in [0.1, 0.15) is 0 Å². The van der Waals surface area contributed by atoms with Crippen LogP contribution in [0, 0.1) is 0 Å². The van der Waals surface area contributed by atoms with Gasteiger partial charge in [0.05, 0.1) is 17.8 Å². The summed E-state index contributed by atoms with van der Waals surface area (Å²) in [6, 6.07) is 0.576. The van der Waals surface area contributed by atoms with Crippen molar-refractivity contribution >= 4 is 0 Å². The molecule has 1 fully saturated rings. The molecule has 0 saturated carbocycles. The number of hydrogen-bond acceptors (Lipinski definition) is 3. The van der Waals surface area contributed by atoms with Crippen molar-refractivity contribution in [2.45, 2.75) is 64.8 Å². The van der Waals surface area contributed by atoms with Crippen LogP contribution in [-0.4, -0.2) is 28.5 Å². The molecule has 0 spiro atoms. The summed E-state index contributed by atoms with van der Waals surface area (Å²) in [5.74, 6) is 0. The van der Waals surface area contributed by atoms with E-state index in [9.17, 15) is 0 Å². The summed E-state index contributed by atoms with van der Waals surface area (Å²) in [6.45, 7) is 10.4. The molecule has 0 radical (unpaired) electrons. The van der Waals surface area contributed by atoms with Gasteiger partial charge in [-0.1, -0.05) is 0 Å². The van der Waals surface area contributed by atoms with Gasteiger partial charge < -0.3 is 10.1 Å². The van der Waals surface area contributed by atoms with Crippen molar-refractivity contribution < 1.29 is 4.74 Å². The third-order valence-corrected chi connectivity index (χ3v) is 3.40. The summed E-state index contributed by atoms with van der Waals surface area (Å²) < 4.78 is 7.58. The molecule has 1 N–H and O–H groups in total. The molecule has 1 aromatic heterocycles. The van der Waals surface area contributed by atoms with E-state index in [0.29, 0.717) is 12.1 Å². The van der Waals surface area contributed by atoms with E-state index in [-0.39, 0.29) is 5.54 Å². The van der Waals surface area contributed by atoms with E-state index in [1.165, 1.54) is 5.56 Å². The van der Waals surface area contributed by atoms with Gasteiger partial charge in [-0.15, -0.1) is 0 Å². The Morgan fingerprint density at radius 3 is 2.89 bits per heavy atom. The first kappa shape index (κ1) is 13.6. The van der Waals surface area contributed by atoms with Gasteiger partial charge in [-0.3, -0.25) is 4.68 Å². The third-order valence-electron chi connectivity index (χ3n) is 3.40. The topological polar surface area (TPSA) is 39.1 Å². The molecule has 4 nitrogen and oxygen atoms in total. The van der Waals surface area contributed by atoms with Gasteiger partial charge in [-0.05, 0) is 40.5 Å². The highest BCUT2D eigenvalue weighted by atomic mass is 16.5. The fraction of sp³-hybridized carbons (Fsp3) is 0.786. The lowest BCUT2D eigenvalue weighted by Crippen LogP contribution is -2.37. The first-order valence-electron chi connectivity index (χ1n) is 6.84. The summed E-state index contributed by atoms with van der Waals surface area (Å²) in [5, 5.41) is 8.02. The van der Waals surface area contributed by atoms with Gasteiger partial charge in [0.2, 0.25) is 0 Å². The Labute approximate surface area is 110 Å². The molecular weight excluding hydrogens is 226 g/mol. The standard InChI is InChI=1S/C14H25N3O/c1-11-7-13(5-6-18-11)15-8-12-9-16-17(10-12)14(2,3)4/h9-11,13,15H,5-8H2,1-4H3. The van der Waals surface area contributed by atoms with E-state index in [0.717, 1.165) is 26.0 Å². The molecule has 102 valence electrons. The number of hydrogen-bond donors (Lipinski definition) is 1. The molecule has 2 atom stereocenters. The van der Waals surface area contributed by atoms with E-state index >= 15 is 0 Å². The van der Waals surface area contributed by atoms with E-state index in [1.54, 1.807) is 0 Å². The lowest BCUT2D eigenvalue weighted by molar-refractivity contribution is 0.0130. The van der Waals surface area contributed by atoms with Gasteiger partial charge in [-0.25, -0.2) is 0 Å². The average molecular weight is 251 g/mol. The summed E-state index contributed by atoms with van der Waals surface area (Å²) in [7, 11) is 0. The monoisotopic (exact) mass is 251 g/mol. The second-order valence-electron chi connectivity index (χ2n) is 6.25. The Kier molecular flexibility index (Phi) is 4.07. The quantitative estimate of drug-likeness (QED) is 0.896. The average Bonchev–Trinajstić information content (AvgIpc) is 2.74. The highest BCUT2D eigenvalue weighted by Gasteiger charge is 2.19. The molecule has 0 aliphatic carbocycles. The Morgan fingerprint density at radius 1 is 1.50 bits per heavy atom. The zero-order valence-corrected chi connectivity index (χ0v) is 11.9.